The summed E-state index contributed by atoms with van der Waals surface area (Å²) in [5.74, 6) is -0.0268. The van der Waals surface area contributed by atoms with E-state index in [0.717, 1.165) is 37.6 Å². The van der Waals surface area contributed by atoms with E-state index in [-0.39, 0.29) is 18.4 Å². The van der Waals surface area contributed by atoms with E-state index in [0.29, 0.717) is 19.6 Å². The average Bonchev–Trinajstić information content (AvgIpc) is 3.26. The summed E-state index contributed by atoms with van der Waals surface area (Å²) in [5.41, 5.74) is 1.37. The van der Waals surface area contributed by atoms with Gasteiger partial charge in [-0.1, -0.05) is 36.4 Å². The molecule has 0 aliphatic carbocycles. The van der Waals surface area contributed by atoms with Gasteiger partial charge in [0.15, 0.2) is 6.54 Å². The number of hydrogen-bond donors (Lipinski definition) is 3. The highest BCUT2D eigenvalue weighted by Gasteiger charge is 2.27. The first-order valence-electron chi connectivity index (χ1n) is 10.4. The molecule has 1 saturated heterocycles. The van der Waals surface area contributed by atoms with Crippen LogP contribution in [0, 0.1) is 0 Å². The van der Waals surface area contributed by atoms with Gasteiger partial charge in [0, 0.05) is 17.0 Å². The Morgan fingerprint density at radius 1 is 1.03 bits per heavy atom. The monoisotopic (exact) mass is 416 g/mol. The van der Waals surface area contributed by atoms with Gasteiger partial charge in [0.1, 0.15) is 32.7 Å². The van der Waals surface area contributed by atoms with Crippen LogP contribution in [0.2, 0.25) is 0 Å². The summed E-state index contributed by atoms with van der Waals surface area (Å²) in [5, 5.41) is 4.90. The lowest BCUT2D eigenvalue weighted by Gasteiger charge is -2.30. The lowest BCUT2D eigenvalue weighted by Crippen LogP contribution is -3.28. The minimum absolute atomic E-state index is 0.0697. The summed E-state index contributed by atoms with van der Waals surface area (Å²) >= 11 is 1.62. The highest BCUT2D eigenvalue weighted by atomic mass is 32.1. The fraction of sp³-hybridized carbons (Fsp3) is 0.455. The van der Waals surface area contributed by atoms with E-state index in [9.17, 15) is 9.59 Å². The number of carbonyl (C=O) groups is 2. The molecule has 6 nitrogen and oxygen atoms in total. The van der Waals surface area contributed by atoms with Crippen LogP contribution in [-0.4, -0.2) is 62.5 Å². The van der Waals surface area contributed by atoms with Crippen molar-refractivity contribution in [2.24, 2.45) is 0 Å². The maximum atomic E-state index is 12.7. The van der Waals surface area contributed by atoms with Crippen LogP contribution in [0.3, 0.4) is 0 Å². The van der Waals surface area contributed by atoms with Gasteiger partial charge in [-0.25, -0.2) is 0 Å². The number of benzene rings is 1. The van der Waals surface area contributed by atoms with Crippen molar-refractivity contribution < 1.29 is 19.4 Å². The summed E-state index contributed by atoms with van der Waals surface area (Å²) in [4.78, 5) is 30.6. The highest BCUT2D eigenvalue weighted by molar-refractivity contribution is 7.09. The Balaban J connectivity index is 1.38. The van der Waals surface area contributed by atoms with Gasteiger partial charge in [-0.05, 0) is 18.4 Å². The van der Waals surface area contributed by atoms with Gasteiger partial charge >= 0.3 is 0 Å². The van der Waals surface area contributed by atoms with E-state index in [1.807, 2.05) is 24.4 Å². The third kappa shape index (κ3) is 6.96. The summed E-state index contributed by atoms with van der Waals surface area (Å²) in [6, 6.07) is 14.6. The van der Waals surface area contributed by atoms with Gasteiger partial charge in [0.25, 0.3) is 5.91 Å². The number of nitrogens with zero attached hydrogens (tertiary/aromatic N) is 1. The molecule has 2 heterocycles. The number of piperazine rings is 1. The Hall–Kier alpha value is -2.22. The molecule has 2 amide bonds. The predicted molar refractivity (Wildman–Crippen MR) is 115 cm³/mol. The molecule has 0 spiro atoms. The fourth-order valence-corrected chi connectivity index (χ4v) is 4.37. The number of thiophene rings is 1. The fourth-order valence-electron chi connectivity index (χ4n) is 3.73. The van der Waals surface area contributed by atoms with Crippen LogP contribution in [-0.2, 0) is 22.7 Å². The Kier molecular flexibility index (Phi) is 8.22. The molecule has 3 rings (SSSR count). The van der Waals surface area contributed by atoms with E-state index in [4.69, 9.17) is 0 Å². The molecule has 29 heavy (non-hydrogen) atoms. The van der Waals surface area contributed by atoms with E-state index < -0.39 is 0 Å². The zero-order valence-electron chi connectivity index (χ0n) is 17.2. The number of nitrogens with one attached hydrogen (secondary N) is 3. The Labute approximate surface area is 177 Å². The zero-order chi connectivity index (χ0) is 20.5. The molecule has 7 heteroatoms. The molecule has 1 aliphatic rings. The Bertz CT molecular complexity index is 758. The van der Waals surface area contributed by atoms with Gasteiger partial charge in [0.2, 0.25) is 5.91 Å². The third-order valence-corrected chi connectivity index (χ3v) is 6.35. The minimum atomic E-state index is -0.0966. The maximum absolute atomic E-state index is 12.7. The predicted octanol–water partition coefficient (Wildman–Crippen LogP) is -0.804. The average molecular weight is 417 g/mol. The van der Waals surface area contributed by atoms with Crippen molar-refractivity contribution in [1.29, 1.82) is 0 Å². The summed E-state index contributed by atoms with van der Waals surface area (Å²) < 4.78 is 0. The van der Waals surface area contributed by atoms with Gasteiger partial charge in [-0.3, -0.25) is 9.59 Å². The second kappa shape index (κ2) is 11.1. The van der Waals surface area contributed by atoms with Crippen LogP contribution in [0.15, 0.2) is 47.8 Å². The minimum Gasteiger partial charge on any atom is -0.350 e. The molecular formula is C22H32N4O2S+2. The van der Waals surface area contributed by atoms with Crippen LogP contribution in [0.4, 0.5) is 0 Å². The molecule has 0 saturated carbocycles. The SMILES string of the molecule is CCN(CC(=O)NCc1cccs1)C(=O)C[NH+]1CC[NH+](Cc2ccccc2)CC1. The molecular weight excluding hydrogens is 384 g/mol. The molecule has 0 unspecified atom stereocenters. The standard InChI is InChI=1S/C22H30N4O2S/c1-2-26(17-21(27)23-15-20-9-6-14-29-20)22(28)18-25-12-10-24(11-13-25)16-19-7-4-3-5-8-19/h3-9,14H,2,10-13,15-18H2,1H3,(H,23,27)/p+2. The summed E-state index contributed by atoms with van der Waals surface area (Å²) in [6.07, 6.45) is 0. The van der Waals surface area contributed by atoms with Crippen molar-refractivity contribution in [3.8, 4) is 0 Å². The maximum Gasteiger partial charge on any atom is 0.278 e. The number of amides is 2. The summed E-state index contributed by atoms with van der Waals surface area (Å²) in [6.45, 7) is 8.82. The molecule has 3 N–H and O–H groups in total. The van der Waals surface area contributed by atoms with E-state index >= 15 is 0 Å². The molecule has 2 aromatic rings. The first kappa shape index (κ1) is 21.5. The molecule has 1 aromatic carbocycles. The van der Waals surface area contributed by atoms with E-state index in [1.165, 1.54) is 10.5 Å². The van der Waals surface area contributed by atoms with Gasteiger partial charge in [-0.2, -0.15) is 0 Å². The number of carbonyl (C=O) groups excluding carboxylic acids is 2. The molecule has 0 radical (unpaired) electrons. The van der Waals surface area contributed by atoms with E-state index in [2.05, 4.69) is 35.6 Å². The first-order valence-corrected chi connectivity index (χ1v) is 11.3. The lowest BCUT2D eigenvalue weighted by atomic mass is 10.2. The van der Waals surface area contributed by atoms with Gasteiger partial charge in [-0.15, -0.1) is 11.3 Å². The highest BCUT2D eigenvalue weighted by Crippen LogP contribution is 2.07. The second-order valence-electron chi connectivity index (χ2n) is 7.60. The Morgan fingerprint density at radius 3 is 2.41 bits per heavy atom. The van der Waals surface area contributed by atoms with Crippen molar-refractivity contribution in [2.75, 3.05) is 45.8 Å². The van der Waals surface area contributed by atoms with Crippen molar-refractivity contribution in [1.82, 2.24) is 10.2 Å². The number of rotatable bonds is 9. The van der Waals surface area contributed by atoms with Crippen LogP contribution < -0.4 is 15.1 Å². The summed E-state index contributed by atoms with van der Waals surface area (Å²) in [7, 11) is 0. The lowest BCUT2D eigenvalue weighted by molar-refractivity contribution is -1.02. The topological polar surface area (TPSA) is 58.3 Å². The normalized spacial score (nSPS) is 18.9. The molecule has 1 aliphatic heterocycles. The quantitative estimate of drug-likeness (QED) is 0.501. The number of hydrogen-bond acceptors (Lipinski definition) is 3. The Morgan fingerprint density at radius 2 is 1.76 bits per heavy atom. The van der Waals surface area contributed by atoms with Crippen LogP contribution >= 0.6 is 11.3 Å². The number of likely N-dealkylation sites (N-methyl/N-ethyl adjacent to an activating group) is 1. The zero-order valence-corrected chi connectivity index (χ0v) is 18.0. The van der Waals surface area contributed by atoms with Crippen LogP contribution in [0.25, 0.3) is 0 Å². The van der Waals surface area contributed by atoms with Gasteiger partial charge in [0.05, 0.1) is 13.1 Å². The molecule has 1 aromatic heterocycles. The van der Waals surface area contributed by atoms with Crippen LogP contribution in [0.5, 0.6) is 0 Å². The number of quaternary nitrogens is 2. The first-order chi connectivity index (χ1) is 14.1. The molecule has 0 bridgehead atoms. The van der Waals surface area contributed by atoms with E-state index in [1.54, 1.807) is 21.1 Å². The smallest absolute Gasteiger partial charge is 0.278 e. The van der Waals surface area contributed by atoms with Gasteiger partial charge < -0.3 is 20.0 Å². The molecule has 0 atom stereocenters. The van der Waals surface area contributed by atoms with Crippen molar-refractivity contribution >= 4 is 23.2 Å². The second-order valence-corrected chi connectivity index (χ2v) is 8.64. The van der Waals surface area contributed by atoms with Crippen molar-refractivity contribution in [2.45, 2.75) is 20.0 Å². The largest absolute Gasteiger partial charge is 0.350 e. The third-order valence-electron chi connectivity index (χ3n) is 5.47. The van der Waals surface area contributed by atoms with Crippen LogP contribution in [0.1, 0.15) is 17.4 Å². The molecule has 156 valence electrons. The van der Waals surface area contributed by atoms with Crippen molar-refractivity contribution in [3.63, 3.8) is 0 Å². The molecule has 1 fully saturated rings. The van der Waals surface area contributed by atoms with Crippen molar-refractivity contribution in [3.05, 3.63) is 58.3 Å².